The number of nitrogens with two attached hydrogens (primary N) is 1. The molecule has 0 aromatic carbocycles. The molecule has 0 heterocycles. The SMILES string of the molecule is NCCCNCCCNCCCNC(=O)O. The molecule has 0 aliphatic rings. The predicted octanol–water partition coefficient (Wildman–Crippen LogP) is -0.438. The van der Waals surface area contributed by atoms with Crippen molar-refractivity contribution < 1.29 is 9.90 Å². The molecular weight excluding hydrogens is 208 g/mol. The van der Waals surface area contributed by atoms with Gasteiger partial charge in [-0.3, -0.25) is 0 Å². The lowest BCUT2D eigenvalue weighted by Gasteiger charge is -2.05. The molecule has 6 nitrogen and oxygen atoms in total. The van der Waals surface area contributed by atoms with Crippen LogP contribution in [0.5, 0.6) is 0 Å². The van der Waals surface area contributed by atoms with Crippen LogP contribution in [0.3, 0.4) is 0 Å². The molecule has 6 N–H and O–H groups in total. The van der Waals surface area contributed by atoms with E-state index in [1.807, 2.05) is 0 Å². The molecule has 0 unspecified atom stereocenters. The van der Waals surface area contributed by atoms with Crippen molar-refractivity contribution >= 4 is 6.09 Å². The summed E-state index contributed by atoms with van der Waals surface area (Å²) >= 11 is 0. The van der Waals surface area contributed by atoms with Crippen LogP contribution >= 0.6 is 0 Å². The summed E-state index contributed by atoms with van der Waals surface area (Å²) in [5.41, 5.74) is 5.36. The van der Waals surface area contributed by atoms with Crippen molar-refractivity contribution in [2.75, 3.05) is 39.3 Å². The minimum Gasteiger partial charge on any atom is -0.465 e. The third-order valence-corrected chi connectivity index (χ3v) is 2.07. The minimum absolute atomic E-state index is 0.511. The van der Waals surface area contributed by atoms with E-state index in [2.05, 4.69) is 16.0 Å². The van der Waals surface area contributed by atoms with Crippen molar-refractivity contribution in [3.05, 3.63) is 0 Å². The molecule has 0 saturated carbocycles. The molecule has 0 fully saturated rings. The molecule has 0 aromatic heterocycles. The largest absolute Gasteiger partial charge is 0.465 e. The van der Waals surface area contributed by atoms with Gasteiger partial charge in [-0.15, -0.1) is 0 Å². The molecule has 16 heavy (non-hydrogen) atoms. The Morgan fingerprint density at radius 3 is 1.94 bits per heavy atom. The van der Waals surface area contributed by atoms with Crippen LogP contribution < -0.4 is 21.7 Å². The number of rotatable bonds is 11. The Balaban J connectivity index is 2.90. The third kappa shape index (κ3) is 13.2. The highest BCUT2D eigenvalue weighted by Crippen LogP contribution is 1.78. The normalized spacial score (nSPS) is 10.3. The second kappa shape index (κ2) is 12.2. The smallest absolute Gasteiger partial charge is 0.404 e. The Kier molecular flexibility index (Phi) is 11.6. The summed E-state index contributed by atoms with van der Waals surface area (Å²) in [5, 5.41) is 17.2. The van der Waals surface area contributed by atoms with E-state index >= 15 is 0 Å². The molecule has 6 heteroatoms. The lowest BCUT2D eigenvalue weighted by molar-refractivity contribution is 0.194. The highest BCUT2D eigenvalue weighted by atomic mass is 16.4. The fourth-order valence-electron chi connectivity index (χ4n) is 1.22. The standard InChI is InChI=1S/C10H24N4O2/c11-4-1-5-12-6-2-7-13-8-3-9-14-10(15)16/h12-14H,1-9,11H2,(H,15,16). The number of hydrogen-bond acceptors (Lipinski definition) is 4. The summed E-state index contributed by atoms with van der Waals surface area (Å²) in [4.78, 5) is 10.1. The monoisotopic (exact) mass is 232 g/mol. The summed E-state index contributed by atoms with van der Waals surface area (Å²) in [6.45, 7) is 5.05. The Bertz CT molecular complexity index is 167. The number of nitrogens with one attached hydrogen (secondary N) is 3. The van der Waals surface area contributed by atoms with E-state index in [0.29, 0.717) is 6.54 Å². The molecule has 0 bridgehead atoms. The van der Waals surface area contributed by atoms with Crippen LogP contribution in [0.4, 0.5) is 4.79 Å². The molecule has 0 saturated heterocycles. The molecule has 0 aliphatic carbocycles. The van der Waals surface area contributed by atoms with Gasteiger partial charge in [0.15, 0.2) is 0 Å². The van der Waals surface area contributed by atoms with E-state index in [1.54, 1.807) is 0 Å². The highest BCUT2D eigenvalue weighted by molar-refractivity contribution is 5.64. The van der Waals surface area contributed by atoms with Crippen LogP contribution in [-0.4, -0.2) is 50.5 Å². The van der Waals surface area contributed by atoms with Gasteiger partial charge in [0.1, 0.15) is 0 Å². The van der Waals surface area contributed by atoms with Gasteiger partial charge in [-0.05, 0) is 52.0 Å². The fourth-order valence-corrected chi connectivity index (χ4v) is 1.22. The van der Waals surface area contributed by atoms with E-state index in [9.17, 15) is 4.79 Å². The van der Waals surface area contributed by atoms with Gasteiger partial charge >= 0.3 is 6.09 Å². The van der Waals surface area contributed by atoms with Gasteiger partial charge < -0.3 is 26.8 Å². The van der Waals surface area contributed by atoms with Crippen LogP contribution in [-0.2, 0) is 0 Å². The molecule has 1 amide bonds. The molecule has 0 aliphatic heterocycles. The molecular formula is C10H24N4O2. The van der Waals surface area contributed by atoms with Crippen molar-refractivity contribution in [2.45, 2.75) is 19.3 Å². The van der Waals surface area contributed by atoms with Gasteiger partial charge in [0.05, 0.1) is 0 Å². The van der Waals surface area contributed by atoms with Crippen molar-refractivity contribution in [1.82, 2.24) is 16.0 Å². The Morgan fingerprint density at radius 2 is 1.44 bits per heavy atom. The van der Waals surface area contributed by atoms with E-state index in [4.69, 9.17) is 10.8 Å². The zero-order chi connectivity index (χ0) is 12.1. The first-order valence-electron chi connectivity index (χ1n) is 5.85. The summed E-state index contributed by atoms with van der Waals surface area (Å²) < 4.78 is 0. The van der Waals surface area contributed by atoms with E-state index in [1.165, 1.54) is 0 Å². The Morgan fingerprint density at radius 1 is 0.938 bits per heavy atom. The Labute approximate surface area is 97.0 Å². The first kappa shape index (κ1) is 15.2. The van der Waals surface area contributed by atoms with E-state index < -0.39 is 6.09 Å². The maximum atomic E-state index is 10.1. The first-order chi connectivity index (χ1) is 7.77. The molecule has 0 radical (unpaired) electrons. The molecule has 0 aromatic rings. The maximum absolute atomic E-state index is 10.1. The zero-order valence-electron chi connectivity index (χ0n) is 9.80. The second-order valence-electron chi connectivity index (χ2n) is 3.58. The van der Waals surface area contributed by atoms with Gasteiger partial charge in [0, 0.05) is 6.54 Å². The van der Waals surface area contributed by atoms with E-state index in [-0.39, 0.29) is 0 Å². The molecule has 0 atom stereocenters. The van der Waals surface area contributed by atoms with Crippen molar-refractivity contribution in [3.63, 3.8) is 0 Å². The molecule has 0 spiro atoms. The number of carboxylic acid groups (broad SMARTS) is 1. The molecule has 96 valence electrons. The van der Waals surface area contributed by atoms with Crippen LogP contribution in [0.15, 0.2) is 0 Å². The topological polar surface area (TPSA) is 99.4 Å². The fraction of sp³-hybridized carbons (Fsp3) is 0.900. The lowest BCUT2D eigenvalue weighted by Crippen LogP contribution is -2.27. The quantitative estimate of drug-likeness (QED) is 0.311. The van der Waals surface area contributed by atoms with Gasteiger partial charge in [0.25, 0.3) is 0 Å². The number of amides is 1. The number of carbonyl (C=O) groups is 1. The number of hydrogen-bond donors (Lipinski definition) is 5. The lowest BCUT2D eigenvalue weighted by atomic mass is 10.3. The summed E-state index contributed by atoms with van der Waals surface area (Å²) in [6, 6.07) is 0. The maximum Gasteiger partial charge on any atom is 0.404 e. The van der Waals surface area contributed by atoms with Crippen molar-refractivity contribution in [2.24, 2.45) is 5.73 Å². The van der Waals surface area contributed by atoms with Crippen molar-refractivity contribution in [3.8, 4) is 0 Å². The van der Waals surface area contributed by atoms with Crippen molar-refractivity contribution in [1.29, 1.82) is 0 Å². The Hall–Kier alpha value is -0.850. The first-order valence-corrected chi connectivity index (χ1v) is 5.85. The third-order valence-electron chi connectivity index (χ3n) is 2.07. The van der Waals surface area contributed by atoms with Gasteiger partial charge in [0.2, 0.25) is 0 Å². The highest BCUT2D eigenvalue weighted by Gasteiger charge is 1.93. The van der Waals surface area contributed by atoms with Gasteiger partial charge in [-0.1, -0.05) is 0 Å². The van der Waals surface area contributed by atoms with Crippen LogP contribution in [0, 0.1) is 0 Å². The average Bonchev–Trinajstić information content (AvgIpc) is 2.25. The average molecular weight is 232 g/mol. The zero-order valence-corrected chi connectivity index (χ0v) is 9.80. The predicted molar refractivity (Wildman–Crippen MR) is 64.7 cm³/mol. The van der Waals surface area contributed by atoms with Gasteiger partial charge in [-0.25, -0.2) is 4.79 Å². The van der Waals surface area contributed by atoms with Crippen LogP contribution in [0.25, 0.3) is 0 Å². The van der Waals surface area contributed by atoms with E-state index in [0.717, 1.165) is 52.0 Å². The summed E-state index contributed by atoms with van der Waals surface area (Å²) in [5.74, 6) is 0. The van der Waals surface area contributed by atoms with Gasteiger partial charge in [-0.2, -0.15) is 0 Å². The second-order valence-corrected chi connectivity index (χ2v) is 3.58. The summed E-state index contributed by atoms with van der Waals surface area (Å²) in [7, 11) is 0. The van der Waals surface area contributed by atoms with Crippen LogP contribution in [0.2, 0.25) is 0 Å². The van der Waals surface area contributed by atoms with Crippen LogP contribution in [0.1, 0.15) is 19.3 Å². The molecule has 0 rings (SSSR count). The summed E-state index contributed by atoms with van der Waals surface area (Å²) in [6.07, 6.45) is 1.97. The minimum atomic E-state index is -0.955.